The zero-order chi connectivity index (χ0) is 18.1. The monoisotopic (exact) mass is 339 g/mol. The van der Waals surface area contributed by atoms with Gasteiger partial charge in [0.1, 0.15) is 11.5 Å². The maximum Gasteiger partial charge on any atom is 0.658 e. The molecule has 6 nitrogen and oxygen atoms in total. The summed E-state index contributed by atoms with van der Waals surface area (Å²) in [6, 6.07) is 14.7. The molecule has 1 radical (unpaired) electrons. The number of nitrogens with one attached hydrogen (secondary N) is 2. The first-order chi connectivity index (χ1) is 12.0. The summed E-state index contributed by atoms with van der Waals surface area (Å²) >= 11 is 0. The van der Waals surface area contributed by atoms with E-state index in [1.807, 2.05) is 24.3 Å². The summed E-state index contributed by atoms with van der Waals surface area (Å²) in [6.45, 7) is 3.94. The van der Waals surface area contributed by atoms with Gasteiger partial charge in [-0.3, -0.25) is 9.59 Å². The first-order valence-corrected chi connectivity index (χ1v) is 7.84. The van der Waals surface area contributed by atoms with Crippen molar-refractivity contribution in [1.82, 2.24) is 10.6 Å². The van der Waals surface area contributed by atoms with E-state index in [1.165, 1.54) is 21.5 Å². The number of rotatable bonds is 8. The predicted octanol–water partition coefficient (Wildman–Crippen LogP) is 1.95. The standard InChI is InChI=1S/C18H20BN2O4/c1-13(22)20-11-15-3-7-17(8-4-15)24-19-25-18-9-5-16(6-10-18)12-21-14(2)23/h3-10H,11-12H2,1-2H3,(H,20,22)(H,21,23). The first kappa shape index (κ1) is 18.4. The van der Waals surface area contributed by atoms with E-state index < -0.39 is 0 Å². The Hall–Kier alpha value is -2.96. The fraction of sp³-hybridized carbons (Fsp3) is 0.222. The highest BCUT2D eigenvalue weighted by molar-refractivity contribution is 6.20. The second-order valence-electron chi connectivity index (χ2n) is 5.44. The van der Waals surface area contributed by atoms with Gasteiger partial charge in [-0.05, 0) is 35.4 Å². The Morgan fingerprint density at radius 3 is 1.44 bits per heavy atom. The zero-order valence-electron chi connectivity index (χ0n) is 14.2. The highest BCUT2D eigenvalue weighted by atomic mass is 16.6. The third-order valence-electron chi connectivity index (χ3n) is 3.30. The molecule has 0 aliphatic carbocycles. The third kappa shape index (κ3) is 6.99. The van der Waals surface area contributed by atoms with Crippen molar-refractivity contribution in [3.8, 4) is 11.5 Å². The topological polar surface area (TPSA) is 76.7 Å². The molecule has 0 atom stereocenters. The third-order valence-corrected chi connectivity index (χ3v) is 3.30. The van der Waals surface area contributed by atoms with Crippen LogP contribution >= 0.6 is 0 Å². The van der Waals surface area contributed by atoms with E-state index in [4.69, 9.17) is 9.31 Å². The number of hydrogen-bond acceptors (Lipinski definition) is 4. The second kappa shape index (κ2) is 9.37. The number of carbonyl (C=O) groups is 2. The quantitative estimate of drug-likeness (QED) is 0.721. The molecule has 2 N–H and O–H groups in total. The Morgan fingerprint density at radius 2 is 1.12 bits per heavy atom. The van der Waals surface area contributed by atoms with Crippen LogP contribution in [-0.4, -0.2) is 19.5 Å². The van der Waals surface area contributed by atoms with Crippen molar-refractivity contribution in [3.63, 3.8) is 0 Å². The molecule has 2 aromatic rings. The molecule has 0 spiro atoms. The molecule has 0 aliphatic heterocycles. The number of amides is 2. The van der Waals surface area contributed by atoms with Crippen molar-refractivity contribution < 1.29 is 18.9 Å². The summed E-state index contributed by atoms with van der Waals surface area (Å²) in [5, 5.41) is 5.46. The van der Waals surface area contributed by atoms with Crippen molar-refractivity contribution in [2.75, 3.05) is 0 Å². The highest BCUT2D eigenvalue weighted by Crippen LogP contribution is 2.14. The second-order valence-corrected chi connectivity index (χ2v) is 5.44. The van der Waals surface area contributed by atoms with Gasteiger partial charge in [0.2, 0.25) is 11.8 Å². The summed E-state index contributed by atoms with van der Waals surface area (Å²) in [6.07, 6.45) is 0. The fourth-order valence-electron chi connectivity index (χ4n) is 1.96. The molecule has 0 saturated carbocycles. The summed E-state index contributed by atoms with van der Waals surface area (Å²) in [7, 11) is 1.26. The minimum absolute atomic E-state index is 0.0647. The van der Waals surface area contributed by atoms with Crippen LogP contribution in [0.15, 0.2) is 48.5 Å². The Balaban J connectivity index is 1.74. The van der Waals surface area contributed by atoms with E-state index >= 15 is 0 Å². The molecule has 129 valence electrons. The molecule has 0 aromatic heterocycles. The lowest BCUT2D eigenvalue weighted by Crippen LogP contribution is -2.18. The summed E-state index contributed by atoms with van der Waals surface area (Å²) in [5.74, 6) is 1.14. The van der Waals surface area contributed by atoms with Crippen molar-refractivity contribution in [2.24, 2.45) is 0 Å². The van der Waals surface area contributed by atoms with E-state index in [2.05, 4.69) is 10.6 Å². The molecule has 2 amide bonds. The highest BCUT2D eigenvalue weighted by Gasteiger charge is 2.03. The van der Waals surface area contributed by atoms with Crippen LogP contribution in [0.1, 0.15) is 25.0 Å². The van der Waals surface area contributed by atoms with Crippen LogP contribution in [0.5, 0.6) is 11.5 Å². The molecule has 0 saturated heterocycles. The fourth-order valence-corrected chi connectivity index (χ4v) is 1.96. The van der Waals surface area contributed by atoms with Gasteiger partial charge in [-0.25, -0.2) is 0 Å². The summed E-state index contributed by atoms with van der Waals surface area (Å²) in [5.41, 5.74) is 1.97. The van der Waals surface area contributed by atoms with Gasteiger partial charge in [0.05, 0.1) is 0 Å². The molecule has 0 aliphatic rings. The number of hydrogen-bond donors (Lipinski definition) is 2. The van der Waals surface area contributed by atoms with E-state index in [0.29, 0.717) is 24.6 Å². The maximum atomic E-state index is 10.9. The van der Waals surface area contributed by atoms with Crippen LogP contribution in [0, 0.1) is 0 Å². The lowest BCUT2D eigenvalue weighted by Gasteiger charge is -2.08. The SMILES string of the molecule is CC(=O)NCc1ccc(O[B]Oc2ccc(CNC(C)=O)cc2)cc1. The molecule has 0 heterocycles. The van der Waals surface area contributed by atoms with Crippen molar-refractivity contribution >= 4 is 19.5 Å². The Morgan fingerprint density at radius 1 is 0.760 bits per heavy atom. The van der Waals surface area contributed by atoms with Gasteiger partial charge in [-0.15, -0.1) is 0 Å². The summed E-state index contributed by atoms with van der Waals surface area (Å²) in [4.78, 5) is 21.7. The van der Waals surface area contributed by atoms with Crippen molar-refractivity contribution in [2.45, 2.75) is 26.9 Å². The average molecular weight is 339 g/mol. The van der Waals surface area contributed by atoms with E-state index in [0.717, 1.165) is 11.1 Å². The normalized spacial score (nSPS) is 9.84. The molecule has 2 aromatic carbocycles. The van der Waals surface area contributed by atoms with Crippen LogP contribution in [-0.2, 0) is 22.7 Å². The average Bonchev–Trinajstić information content (AvgIpc) is 2.60. The lowest BCUT2D eigenvalue weighted by molar-refractivity contribution is -0.120. The number of benzene rings is 2. The van der Waals surface area contributed by atoms with Gasteiger partial charge < -0.3 is 19.9 Å². The molecule has 0 bridgehead atoms. The zero-order valence-corrected chi connectivity index (χ0v) is 14.2. The Kier molecular flexibility index (Phi) is 6.89. The molecule has 2 rings (SSSR count). The van der Waals surface area contributed by atoms with Gasteiger partial charge in [0, 0.05) is 26.9 Å². The Bertz CT molecular complexity index is 641. The van der Waals surface area contributed by atoms with E-state index in [1.54, 1.807) is 24.3 Å². The number of carbonyl (C=O) groups excluding carboxylic acids is 2. The molecule has 0 unspecified atom stereocenters. The largest absolute Gasteiger partial charge is 0.658 e. The van der Waals surface area contributed by atoms with Crippen LogP contribution in [0.2, 0.25) is 0 Å². The van der Waals surface area contributed by atoms with E-state index in [9.17, 15) is 9.59 Å². The van der Waals surface area contributed by atoms with E-state index in [-0.39, 0.29) is 11.8 Å². The molecule has 0 fully saturated rings. The summed E-state index contributed by atoms with van der Waals surface area (Å²) < 4.78 is 10.8. The predicted molar refractivity (Wildman–Crippen MR) is 94.9 cm³/mol. The maximum absolute atomic E-state index is 10.9. The first-order valence-electron chi connectivity index (χ1n) is 7.84. The van der Waals surface area contributed by atoms with Crippen LogP contribution < -0.4 is 19.9 Å². The molecule has 7 heteroatoms. The van der Waals surface area contributed by atoms with Crippen LogP contribution in [0.25, 0.3) is 0 Å². The van der Waals surface area contributed by atoms with Crippen LogP contribution in [0.4, 0.5) is 0 Å². The van der Waals surface area contributed by atoms with Gasteiger partial charge in [-0.2, -0.15) is 0 Å². The minimum Gasteiger partial charge on any atom is -0.526 e. The smallest absolute Gasteiger partial charge is 0.526 e. The minimum atomic E-state index is -0.0647. The van der Waals surface area contributed by atoms with Gasteiger partial charge >= 0.3 is 7.69 Å². The molecular weight excluding hydrogens is 319 g/mol. The van der Waals surface area contributed by atoms with Crippen molar-refractivity contribution in [3.05, 3.63) is 59.7 Å². The van der Waals surface area contributed by atoms with Gasteiger partial charge in [-0.1, -0.05) is 24.3 Å². The van der Waals surface area contributed by atoms with Crippen LogP contribution in [0.3, 0.4) is 0 Å². The lowest BCUT2D eigenvalue weighted by atomic mass is 10.2. The molecular formula is C18H20BN2O4. The van der Waals surface area contributed by atoms with Gasteiger partial charge in [0.15, 0.2) is 0 Å². The Labute approximate surface area is 147 Å². The van der Waals surface area contributed by atoms with Crippen molar-refractivity contribution in [1.29, 1.82) is 0 Å². The molecule has 25 heavy (non-hydrogen) atoms. The van der Waals surface area contributed by atoms with Gasteiger partial charge in [0.25, 0.3) is 0 Å².